The molecule has 0 bridgehead atoms. The van der Waals surface area contributed by atoms with E-state index in [4.69, 9.17) is 0 Å². The largest absolute Gasteiger partial charge is 0.345 e. The van der Waals surface area contributed by atoms with E-state index in [-0.39, 0.29) is 11.8 Å². The summed E-state index contributed by atoms with van der Waals surface area (Å²) in [5.74, 6) is 0.113. The fraction of sp³-hybridized carbons (Fsp3) is 0.292. The average molecular weight is 394 g/mol. The number of rotatable bonds is 8. The van der Waals surface area contributed by atoms with Crippen molar-refractivity contribution in [1.82, 2.24) is 14.8 Å². The molecule has 0 radical (unpaired) electrons. The van der Waals surface area contributed by atoms with Crippen LogP contribution >= 0.6 is 0 Å². The summed E-state index contributed by atoms with van der Waals surface area (Å²) in [6, 6.07) is 20.4. The number of hydrogen-bond donors (Lipinski definition) is 1. The van der Waals surface area contributed by atoms with Crippen molar-refractivity contribution >= 4 is 6.03 Å². The molecule has 152 valence electrons. The maximum Gasteiger partial charge on any atom is 0.318 e. The van der Waals surface area contributed by atoms with Gasteiger partial charge in [-0.3, -0.25) is 0 Å². The topological polar surface area (TPSA) is 37.3 Å². The van der Waals surface area contributed by atoms with Crippen molar-refractivity contribution in [3.8, 4) is 0 Å². The van der Waals surface area contributed by atoms with Crippen LogP contribution in [-0.2, 0) is 19.6 Å². The zero-order chi connectivity index (χ0) is 20.6. The molecule has 0 aliphatic heterocycles. The lowest BCUT2D eigenvalue weighted by Crippen LogP contribution is -2.41. The average Bonchev–Trinajstić information content (AvgIpc) is 3.12. The SMILES string of the molecule is CC(C)CN(Cc1cccn1Cc1cccc(F)c1)C(=O)NCc1ccccc1. The third kappa shape index (κ3) is 6.21. The summed E-state index contributed by atoms with van der Waals surface area (Å²) in [7, 11) is 0. The number of halogens is 1. The highest BCUT2D eigenvalue weighted by atomic mass is 19.1. The third-order valence-corrected chi connectivity index (χ3v) is 4.68. The van der Waals surface area contributed by atoms with E-state index in [1.165, 1.54) is 6.07 Å². The predicted octanol–water partition coefficient (Wildman–Crippen LogP) is 5.04. The summed E-state index contributed by atoms with van der Waals surface area (Å²) in [5, 5.41) is 3.02. The van der Waals surface area contributed by atoms with E-state index in [9.17, 15) is 9.18 Å². The van der Waals surface area contributed by atoms with Gasteiger partial charge in [0.25, 0.3) is 0 Å². The standard InChI is InChI=1S/C24H28FN3O/c1-19(2)16-28(24(29)26-15-20-8-4-3-5-9-20)18-23-12-7-13-27(23)17-21-10-6-11-22(25)14-21/h3-14,19H,15-18H2,1-2H3,(H,26,29). The van der Waals surface area contributed by atoms with Gasteiger partial charge in [0, 0.05) is 31.5 Å². The number of amides is 2. The molecule has 0 spiro atoms. The number of urea groups is 1. The molecular formula is C24H28FN3O. The molecule has 5 heteroatoms. The van der Waals surface area contributed by atoms with Crippen molar-refractivity contribution in [2.45, 2.75) is 33.5 Å². The van der Waals surface area contributed by atoms with Gasteiger partial charge in [-0.1, -0.05) is 56.3 Å². The molecule has 0 saturated carbocycles. The first-order valence-corrected chi connectivity index (χ1v) is 9.96. The second-order valence-corrected chi connectivity index (χ2v) is 7.68. The molecule has 0 atom stereocenters. The Hall–Kier alpha value is -3.08. The van der Waals surface area contributed by atoms with Crippen LogP contribution in [-0.4, -0.2) is 22.0 Å². The van der Waals surface area contributed by atoms with Crippen LogP contribution in [0.5, 0.6) is 0 Å². The second-order valence-electron chi connectivity index (χ2n) is 7.68. The molecule has 2 amide bonds. The van der Waals surface area contributed by atoms with Crippen molar-refractivity contribution < 1.29 is 9.18 Å². The molecule has 0 unspecified atom stereocenters. The Labute approximate surface area is 172 Å². The highest BCUT2D eigenvalue weighted by Gasteiger charge is 2.17. The first-order chi connectivity index (χ1) is 14.0. The number of nitrogens with one attached hydrogen (secondary N) is 1. The number of aromatic nitrogens is 1. The van der Waals surface area contributed by atoms with Crippen molar-refractivity contribution in [3.05, 3.63) is 95.6 Å². The number of carbonyl (C=O) groups excluding carboxylic acids is 1. The fourth-order valence-corrected chi connectivity index (χ4v) is 3.32. The molecule has 2 aromatic carbocycles. The molecule has 0 aliphatic rings. The fourth-order valence-electron chi connectivity index (χ4n) is 3.32. The lowest BCUT2D eigenvalue weighted by molar-refractivity contribution is 0.186. The predicted molar refractivity (Wildman–Crippen MR) is 114 cm³/mol. The van der Waals surface area contributed by atoms with E-state index in [0.29, 0.717) is 32.1 Å². The van der Waals surface area contributed by atoms with Crippen LogP contribution in [0.2, 0.25) is 0 Å². The molecule has 0 aliphatic carbocycles. The molecule has 0 saturated heterocycles. The van der Waals surface area contributed by atoms with Crippen LogP contribution in [0.4, 0.5) is 9.18 Å². The molecule has 1 N–H and O–H groups in total. The van der Waals surface area contributed by atoms with E-state index in [0.717, 1.165) is 16.8 Å². The summed E-state index contributed by atoms with van der Waals surface area (Å²) in [5.41, 5.74) is 2.98. The van der Waals surface area contributed by atoms with Crippen LogP contribution in [0, 0.1) is 11.7 Å². The minimum atomic E-state index is -0.238. The van der Waals surface area contributed by atoms with Gasteiger partial charge in [0.05, 0.1) is 6.54 Å². The van der Waals surface area contributed by atoms with Crippen LogP contribution in [0.25, 0.3) is 0 Å². The Morgan fingerprint density at radius 2 is 1.79 bits per heavy atom. The quantitative estimate of drug-likeness (QED) is 0.572. The zero-order valence-corrected chi connectivity index (χ0v) is 17.0. The minimum Gasteiger partial charge on any atom is -0.345 e. The monoisotopic (exact) mass is 393 g/mol. The molecule has 0 fully saturated rings. The van der Waals surface area contributed by atoms with Gasteiger partial charge in [0.1, 0.15) is 5.82 Å². The van der Waals surface area contributed by atoms with E-state index < -0.39 is 0 Å². The third-order valence-electron chi connectivity index (χ3n) is 4.68. The van der Waals surface area contributed by atoms with Gasteiger partial charge in [0.15, 0.2) is 0 Å². The zero-order valence-electron chi connectivity index (χ0n) is 17.0. The molecule has 1 heterocycles. The summed E-state index contributed by atoms with van der Waals surface area (Å²) < 4.78 is 15.6. The summed E-state index contributed by atoms with van der Waals surface area (Å²) in [6.45, 7) is 6.43. The van der Waals surface area contributed by atoms with E-state index in [1.54, 1.807) is 12.1 Å². The Morgan fingerprint density at radius 1 is 1.03 bits per heavy atom. The summed E-state index contributed by atoms with van der Waals surface area (Å²) in [4.78, 5) is 14.7. The maximum absolute atomic E-state index is 13.5. The Bertz CT molecular complexity index is 921. The molecule has 29 heavy (non-hydrogen) atoms. The highest BCUT2D eigenvalue weighted by Crippen LogP contribution is 2.13. The van der Waals surface area contributed by atoms with Crippen LogP contribution in [0.3, 0.4) is 0 Å². The van der Waals surface area contributed by atoms with Crippen LogP contribution < -0.4 is 5.32 Å². The first-order valence-electron chi connectivity index (χ1n) is 9.96. The minimum absolute atomic E-state index is 0.0824. The van der Waals surface area contributed by atoms with Gasteiger partial charge in [-0.25, -0.2) is 9.18 Å². The molecule has 4 nitrogen and oxygen atoms in total. The molecule has 1 aromatic heterocycles. The van der Waals surface area contributed by atoms with Gasteiger partial charge in [0.2, 0.25) is 0 Å². The van der Waals surface area contributed by atoms with Crippen LogP contribution in [0.1, 0.15) is 30.7 Å². The second kappa shape index (κ2) is 9.92. The molecular weight excluding hydrogens is 365 g/mol. The van der Waals surface area contributed by atoms with Crippen LogP contribution in [0.15, 0.2) is 72.9 Å². The van der Waals surface area contributed by atoms with Crippen molar-refractivity contribution in [2.75, 3.05) is 6.54 Å². The van der Waals surface area contributed by atoms with E-state index >= 15 is 0 Å². The van der Waals surface area contributed by atoms with Crippen molar-refractivity contribution in [3.63, 3.8) is 0 Å². The smallest absolute Gasteiger partial charge is 0.318 e. The first kappa shape index (κ1) is 20.6. The summed E-state index contributed by atoms with van der Waals surface area (Å²) in [6.07, 6.45) is 1.97. The number of nitrogens with zero attached hydrogens (tertiary/aromatic N) is 2. The number of benzene rings is 2. The Balaban J connectivity index is 1.68. The van der Waals surface area contributed by atoms with Gasteiger partial charge in [-0.05, 0) is 41.3 Å². The number of carbonyl (C=O) groups is 1. The van der Waals surface area contributed by atoms with E-state index in [2.05, 4.69) is 23.7 Å². The lowest BCUT2D eigenvalue weighted by Gasteiger charge is -2.26. The van der Waals surface area contributed by atoms with Gasteiger partial charge in [-0.15, -0.1) is 0 Å². The van der Waals surface area contributed by atoms with Gasteiger partial charge < -0.3 is 14.8 Å². The van der Waals surface area contributed by atoms with Crippen molar-refractivity contribution in [1.29, 1.82) is 0 Å². The number of hydrogen-bond acceptors (Lipinski definition) is 1. The Morgan fingerprint density at radius 3 is 2.52 bits per heavy atom. The highest BCUT2D eigenvalue weighted by molar-refractivity contribution is 5.74. The lowest BCUT2D eigenvalue weighted by atomic mass is 10.2. The normalized spacial score (nSPS) is 10.9. The maximum atomic E-state index is 13.5. The molecule has 3 rings (SSSR count). The Kier molecular flexibility index (Phi) is 7.06. The molecule has 3 aromatic rings. The van der Waals surface area contributed by atoms with Crippen molar-refractivity contribution in [2.24, 2.45) is 5.92 Å². The van der Waals surface area contributed by atoms with Gasteiger partial charge >= 0.3 is 6.03 Å². The van der Waals surface area contributed by atoms with Gasteiger partial charge in [-0.2, -0.15) is 0 Å². The summed E-state index contributed by atoms with van der Waals surface area (Å²) >= 11 is 0. The van der Waals surface area contributed by atoms with E-state index in [1.807, 2.05) is 59.6 Å².